The van der Waals surface area contributed by atoms with Crippen LogP contribution in [0.3, 0.4) is 0 Å². The maximum Gasteiger partial charge on any atom is 0.307 e. The second-order valence-corrected chi connectivity index (χ2v) is 2.87. The molecule has 0 aliphatic rings. The zero-order valence-electron chi connectivity index (χ0n) is 8.30. The van der Waals surface area contributed by atoms with Gasteiger partial charge in [0.15, 0.2) is 0 Å². The zero-order chi connectivity index (χ0) is 11.3. The first-order valence-corrected chi connectivity index (χ1v) is 4.31. The lowest BCUT2D eigenvalue weighted by Gasteiger charge is -2.03. The van der Waals surface area contributed by atoms with E-state index in [1.807, 2.05) is 0 Å². The zero-order valence-corrected chi connectivity index (χ0v) is 8.30. The molecule has 0 unspecified atom stereocenters. The van der Waals surface area contributed by atoms with Gasteiger partial charge in [0, 0.05) is 5.56 Å². The molecule has 1 aromatic rings. The SMILES string of the molecule is COc1ncc(N)cc1C=CCC(=O)O. The highest BCUT2D eigenvalue weighted by Gasteiger charge is 2.01. The molecule has 1 heterocycles. The van der Waals surface area contributed by atoms with Gasteiger partial charge in [0.05, 0.1) is 25.4 Å². The van der Waals surface area contributed by atoms with Gasteiger partial charge in [-0.3, -0.25) is 4.79 Å². The summed E-state index contributed by atoms with van der Waals surface area (Å²) in [7, 11) is 1.49. The fourth-order valence-electron chi connectivity index (χ4n) is 1.06. The maximum absolute atomic E-state index is 10.3. The molecule has 3 N–H and O–H groups in total. The summed E-state index contributed by atoms with van der Waals surface area (Å²) in [5.41, 5.74) is 6.72. The van der Waals surface area contributed by atoms with Gasteiger partial charge >= 0.3 is 5.97 Å². The Kier molecular flexibility index (Phi) is 3.68. The minimum absolute atomic E-state index is 0.0437. The van der Waals surface area contributed by atoms with E-state index in [0.29, 0.717) is 17.1 Å². The predicted molar refractivity (Wildman–Crippen MR) is 56.5 cm³/mol. The van der Waals surface area contributed by atoms with Crippen molar-refractivity contribution in [2.24, 2.45) is 0 Å². The Bertz CT molecular complexity index is 388. The summed E-state index contributed by atoms with van der Waals surface area (Å²) in [6.07, 6.45) is 4.57. The van der Waals surface area contributed by atoms with Crippen LogP contribution in [0.2, 0.25) is 0 Å². The van der Waals surface area contributed by atoms with Gasteiger partial charge < -0.3 is 15.6 Å². The van der Waals surface area contributed by atoms with Gasteiger partial charge in [-0.15, -0.1) is 0 Å². The number of carboxylic acid groups (broad SMARTS) is 1. The highest BCUT2D eigenvalue weighted by Crippen LogP contribution is 2.18. The molecule has 0 spiro atoms. The number of methoxy groups -OCH3 is 1. The van der Waals surface area contributed by atoms with E-state index < -0.39 is 5.97 Å². The molecule has 0 aromatic carbocycles. The lowest BCUT2D eigenvalue weighted by Crippen LogP contribution is -1.94. The van der Waals surface area contributed by atoms with Crippen LogP contribution in [0.15, 0.2) is 18.3 Å². The number of nitrogens with zero attached hydrogens (tertiary/aromatic N) is 1. The summed E-state index contributed by atoms with van der Waals surface area (Å²) in [6.45, 7) is 0. The molecule has 0 bridgehead atoms. The van der Waals surface area contributed by atoms with E-state index in [1.54, 1.807) is 12.1 Å². The Labute approximate surface area is 87.2 Å². The number of carbonyl (C=O) groups is 1. The van der Waals surface area contributed by atoms with Crippen LogP contribution in [0.4, 0.5) is 5.69 Å². The Morgan fingerprint density at radius 2 is 2.47 bits per heavy atom. The van der Waals surface area contributed by atoms with Crippen molar-refractivity contribution in [3.63, 3.8) is 0 Å². The van der Waals surface area contributed by atoms with Crippen LogP contribution in [-0.2, 0) is 4.79 Å². The van der Waals surface area contributed by atoms with Crippen molar-refractivity contribution in [1.82, 2.24) is 4.98 Å². The smallest absolute Gasteiger partial charge is 0.307 e. The van der Waals surface area contributed by atoms with E-state index in [4.69, 9.17) is 15.6 Å². The molecule has 0 fully saturated rings. The van der Waals surface area contributed by atoms with E-state index in [1.165, 1.54) is 19.4 Å². The number of rotatable bonds is 4. The average molecular weight is 208 g/mol. The molecule has 5 nitrogen and oxygen atoms in total. The third-order valence-corrected chi connectivity index (χ3v) is 1.68. The summed E-state index contributed by atoms with van der Waals surface area (Å²) in [4.78, 5) is 14.2. The van der Waals surface area contributed by atoms with Gasteiger partial charge in [-0.1, -0.05) is 12.2 Å². The normalized spacial score (nSPS) is 10.5. The number of pyridine rings is 1. The van der Waals surface area contributed by atoms with E-state index in [0.717, 1.165) is 0 Å². The quantitative estimate of drug-likeness (QED) is 0.775. The minimum Gasteiger partial charge on any atom is -0.481 e. The summed E-state index contributed by atoms with van der Waals surface area (Å²) in [5.74, 6) is -0.465. The number of carboxylic acids is 1. The summed E-state index contributed by atoms with van der Waals surface area (Å²) in [6, 6.07) is 1.67. The molecule has 15 heavy (non-hydrogen) atoms. The molecule has 0 radical (unpaired) electrons. The van der Waals surface area contributed by atoms with Crippen molar-refractivity contribution in [3.8, 4) is 5.88 Å². The molecule has 1 rings (SSSR count). The standard InChI is InChI=1S/C10H12N2O3/c1-15-10-7(3-2-4-9(13)14)5-8(11)6-12-10/h2-3,5-6H,4,11H2,1H3,(H,13,14). The molecule has 80 valence electrons. The van der Waals surface area contributed by atoms with Crippen molar-refractivity contribution in [3.05, 3.63) is 23.9 Å². The Morgan fingerprint density at radius 3 is 3.07 bits per heavy atom. The maximum atomic E-state index is 10.3. The molecule has 0 atom stereocenters. The molecule has 0 saturated heterocycles. The van der Waals surface area contributed by atoms with Gasteiger partial charge in [-0.25, -0.2) is 4.98 Å². The highest BCUT2D eigenvalue weighted by atomic mass is 16.5. The summed E-state index contributed by atoms with van der Waals surface area (Å²) >= 11 is 0. The van der Waals surface area contributed by atoms with Gasteiger partial charge in [-0.05, 0) is 6.07 Å². The molecule has 0 amide bonds. The monoisotopic (exact) mass is 208 g/mol. The van der Waals surface area contributed by atoms with E-state index in [-0.39, 0.29) is 6.42 Å². The molecular weight excluding hydrogens is 196 g/mol. The number of nitrogens with two attached hydrogens (primary N) is 1. The van der Waals surface area contributed by atoms with Gasteiger partial charge in [0.1, 0.15) is 0 Å². The van der Waals surface area contributed by atoms with Crippen LogP contribution in [0, 0.1) is 0 Å². The van der Waals surface area contributed by atoms with E-state index in [9.17, 15) is 4.79 Å². The van der Waals surface area contributed by atoms with Crippen molar-refractivity contribution in [2.75, 3.05) is 12.8 Å². The second kappa shape index (κ2) is 4.99. The van der Waals surface area contributed by atoms with Crippen molar-refractivity contribution >= 4 is 17.7 Å². The molecule has 1 aromatic heterocycles. The van der Waals surface area contributed by atoms with Crippen LogP contribution in [0.25, 0.3) is 6.08 Å². The van der Waals surface area contributed by atoms with Crippen LogP contribution in [0.5, 0.6) is 5.88 Å². The number of anilines is 1. The van der Waals surface area contributed by atoms with Crippen molar-refractivity contribution < 1.29 is 14.6 Å². The number of nitrogen functional groups attached to an aromatic ring is 1. The first kappa shape index (κ1) is 11.0. The van der Waals surface area contributed by atoms with Crippen LogP contribution < -0.4 is 10.5 Å². The highest BCUT2D eigenvalue weighted by molar-refractivity contribution is 5.71. The number of hydrogen-bond donors (Lipinski definition) is 2. The topological polar surface area (TPSA) is 85.4 Å². The lowest BCUT2D eigenvalue weighted by atomic mass is 10.2. The average Bonchev–Trinajstić information content (AvgIpc) is 2.17. The van der Waals surface area contributed by atoms with Crippen LogP contribution in [0.1, 0.15) is 12.0 Å². The number of aliphatic carboxylic acids is 1. The molecule has 5 heteroatoms. The number of ether oxygens (including phenoxy) is 1. The van der Waals surface area contributed by atoms with Gasteiger partial charge in [0.25, 0.3) is 0 Å². The molecule has 0 aliphatic carbocycles. The van der Waals surface area contributed by atoms with Crippen LogP contribution >= 0.6 is 0 Å². The first-order chi connectivity index (χ1) is 7.13. The summed E-state index contributed by atoms with van der Waals surface area (Å²) < 4.78 is 4.99. The Balaban J connectivity index is 2.87. The van der Waals surface area contributed by atoms with Gasteiger partial charge in [0.2, 0.25) is 5.88 Å². The Morgan fingerprint density at radius 1 is 1.73 bits per heavy atom. The third kappa shape index (κ3) is 3.30. The molecule has 0 aliphatic heterocycles. The van der Waals surface area contributed by atoms with Crippen molar-refractivity contribution in [1.29, 1.82) is 0 Å². The second-order valence-electron chi connectivity index (χ2n) is 2.87. The number of aromatic nitrogens is 1. The lowest BCUT2D eigenvalue weighted by molar-refractivity contribution is -0.135. The molecule has 0 saturated carbocycles. The van der Waals surface area contributed by atoms with Gasteiger partial charge in [-0.2, -0.15) is 0 Å². The van der Waals surface area contributed by atoms with E-state index in [2.05, 4.69) is 4.98 Å². The first-order valence-electron chi connectivity index (χ1n) is 4.31. The van der Waals surface area contributed by atoms with Crippen LogP contribution in [-0.4, -0.2) is 23.2 Å². The molecular formula is C10H12N2O3. The largest absolute Gasteiger partial charge is 0.481 e. The predicted octanol–water partition coefficient (Wildman–Crippen LogP) is 1.16. The third-order valence-electron chi connectivity index (χ3n) is 1.68. The fraction of sp³-hybridized carbons (Fsp3) is 0.200. The van der Waals surface area contributed by atoms with Crippen molar-refractivity contribution in [2.45, 2.75) is 6.42 Å². The fourth-order valence-corrected chi connectivity index (χ4v) is 1.06. The Hall–Kier alpha value is -2.04. The number of hydrogen-bond acceptors (Lipinski definition) is 4. The summed E-state index contributed by atoms with van der Waals surface area (Å²) in [5, 5.41) is 8.45. The van der Waals surface area contributed by atoms with E-state index >= 15 is 0 Å². The minimum atomic E-state index is -0.887.